The van der Waals surface area contributed by atoms with Crippen LogP contribution < -0.4 is 5.32 Å². The second-order valence-electron chi connectivity index (χ2n) is 4.42. The van der Waals surface area contributed by atoms with Crippen LogP contribution in [0, 0.1) is 0 Å². The number of rotatable bonds is 0. The number of nitrogens with one attached hydrogen (secondary N) is 1. The van der Waals surface area contributed by atoms with E-state index in [-0.39, 0.29) is 0 Å². The maximum atomic E-state index is 3.69. The normalized spacial score (nSPS) is 32.8. The highest BCUT2D eigenvalue weighted by atomic mass is 15.3. The van der Waals surface area contributed by atoms with Crippen LogP contribution in [-0.4, -0.2) is 30.7 Å². The highest BCUT2D eigenvalue weighted by Crippen LogP contribution is 2.17. The van der Waals surface area contributed by atoms with Gasteiger partial charge in [0.05, 0.1) is 6.17 Å². The van der Waals surface area contributed by atoms with E-state index >= 15 is 0 Å². The van der Waals surface area contributed by atoms with Crippen LogP contribution in [0.3, 0.4) is 0 Å². The SMILES string of the molecule is C1CCNC2CCCCCN2CC1. The standard InChI is InChI=1S/C11H22N2/c1-3-7-11-12-8-4-2-6-10-13(11)9-5-1/h11-12H,1-10H2. The summed E-state index contributed by atoms with van der Waals surface area (Å²) < 4.78 is 0. The zero-order valence-corrected chi connectivity index (χ0v) is 8.60. The first-order chi connectivity index (χ1) is 6.47. The molecule has 0 spiro atoms. The summed E-state index contributed by atoms with van der Waals surface area (Å²) in [4.78, 5) is 2.67. The topological polar surface area (TPSA) is 15.3 Å². The average molecular weight is 182 g/mol. The Hall–Kier alpha value is -0.0800. The predicted octanol–water partition coefficient (Wildman–Crippen LogP) is 1.96. The lowest BCUT2D eigenvalue weighted by molar-refractivity contribution is 0.153. The fourth-order valence-corrected chi connectivity index (χ4v) is 2.55. The minimum Gasteiger partial charge on any atom is -0.302 e. The molecule has 2 aliphatic heterocycles. The summed E-state index contributed by atoms with van der Waals surface area (Å²) >= 11 is 0. The number of hydrogen-bond acceptors (Lipinski definition) is 2. The molecule has 2 fully saturated rings. The highest BCUT2D eigenvalue weighted by molar-refractivity contribution is 4.75. The summed E-state index contributed by atoms with van der Waals surface area (Å²) in [6.07, 6.45) is 10.6. The van der Waals surface area contributed by atoms with Gasteiger partial charge in [0.15, 0.2) is 0 Å². The van der Waals surface area contributed by atoms with Crippen molar-refractivity contribution in [1.82, 2.24) is 10.2 Å². The van der Waals surface area contributed by atoms with Crippen LogP contribution in [0.25, 0.3) is 0 Å². The van der Waals surface area contributed by atoms with Gasteiger partial charge in [0.2, 0.25) is 0 Å². The molecule has 2 heterocycles. The average Bonchev–Trinajstić information content (AvgIpc) is 2.30. The molecule has 2 aliphatic rings. The van der Waals surface area contributed by atoms with E-state index in [2.05, 4.69) is 10.2 Å². The van der Waals surface area contributed by atoms with Gasteiger partial charge in [-0.3, -0.25) is 4.90 Å². The quantitative estimate of drug-likeness (QED) is 0.616. The molecule has 2 heteroatoms. The smallest absolute Gasteiger partial charge is 0.0597 e. The van der Waals surface area contributed by atoms with Crippen LogP contribution in [0.2, 0.25) is 0 Å². The van der Waals surface area contributed by atoms with Gasteiger partial charge in [0, 0.05) is 0 Å². The monoisotopic (exact) mass is 182 g/mol. The molecule has 0 bridgehead atoms. The second-order valence-corrected chi connectivity index (χ2v) is 4.42. The first-order valence-electron chi connectivity index (χ1n) is 5.94. The summed E-state index contributed by atoms with van der Waals surface area (Å²) in [6.45, 7) is 3.90. The maximum absolute atomic E-state index is 3.69. The summed E-state index contributed by atoms with van der Waals surface area (Å²) in [5.74, 6) is 0. The Labute approximate surface area is 81.7 Å². The highest BCUT2D eigenvalue weighted by Gasteiger charge is 2.20. The van der Waals surface area contributed by atoms with Crippen molar-refractivity contribution < 1.29 is 0 Å². The van der Waals surface area contributed by atoms with Gasteiger partial charge >= 0.3 is 0 Å². The zero-order chi connectivity index (χ0) is 8.93. The van der Waals surface area contributed by atoms with E-state index in [4.69, 9.17) is 0 Å². The van der Waals surface area contributed by atoms with Crippen molar-refractivity contribution in [3.63, 3.8) is 0 Å². The maximum Gasteiger partial charge on any atom is 0.0597 e. The Morgan fingerprint density at radius 2 is 1.62 bits per heavy atom. The van der Waals surface area contributed by atoms with Crippen LogP contribution in [-0.2, 0) is 0 Å². The molecule has 0 aromatic carbocycles. The Morgan fingerprint density at radius 1 is 0.846 bits per heavy atom. The summed E-state index contributed by atoms with van der Waals surface area (Å²) in [5, 5.41) is 3.69. The van der Waals surface area contributed by atoms with Crippen molar-refractivity contribution in [1.29, 1.82) is 0 Å². The molecule has 0 radical (unpaired) electrons. The fourth-order valence-electron chi connectivity index (χ4n) is 2.55. The van der Waals surface area contributed by atoms with Crippen molar-refractivity contribution in [2.24, 2.45) is 0 Å². The minimum atomic E-state index is 0.711. The van der Waals surface area contributed by atoms with Crippen LogP contribution in [0.4, 0.5) is 0 Å². The van der Waals surface area contributed by atoms with Crippen LogP contribution >= 0.6 is 0 Å². The first-order valence-corrected chi connectivity index (χ1v) is 5.94. The van der Waals surface area contributed by atoms with Crippen molar-refractivity contribution >= 4 is 0 Å². The van der Waals surface area contributed by atoms with E-state index in [1.165, 1.54) is 64.6 Å². The fraction of sp³-hybridized carbons (Fsp3) is 1.00. The van der Waals surface area contributed by atoms with Gasteiger partial charge in [0.1, 0.15) is 0 Å². The van der Waals surface area contributed by atoms with E-state index in [9.17, 15) is 0 Å². The number of hydrogen-bond donors (Lipinski definition) is 1. The van der Waals surface area contributed by atoms with Gasteiger partial charge < -0.3 is 5.32 Å². The largest absolute Gasteiger partial charge is 0.302 e. The summed E-state index contributed by atoms with van der Waals surface area (Å²) in [7, 11) is 0. The molecule has 2 saturated heterocycles. The van der Waals surface area contributed by atoms with Gasteiger partial charge in [-0.05, 0) is 45.3 Å². The van der Waals surface area contributed by atoms with E-state index in [1.807, 2.05) is 0 Å². The molecule has 2 nitrogen and oxygen atoms in total. The lowest BCUT2D eigenvalue weighted by atomic mass is 10.1. The molecule has 1 N–H and O–H groups in total. The Bertz CT molecular complexity index is 131. The van der Waals surface area contributed by atoms with Crippen molar-refractivity contribution in [2.75, 3.05) is 19.6 Å². The van der Waals surface area contributed by atoms with Crippen molar-refractivity contribution in [3.05, 3.63) is 0 Å². The molecule has 2 rings (SSSR count). The Balaban J connectivity index is 1.91. The van der Waals surface area contributed by atoms with E-state index in [1.54, 1.807) is 0 Å². The van der Waals surface area contributed by atoms with Gasteiger partial charge in [0.25, 0.3) is 0 Å². The molecule has 1 atom stereocenters. The van der Waals surface area contributed by atoms with Crippen LogP contribution in [0.1, 0.15) is 44.9 Å². The lowest BCUT2D eigenvalue weighted by Gasteiger charge is -2.32. The molecule has 76 valence electrons. The van der Waals surface area contributed by atoms with Gasteiger partial charge in [-0.1, -0.05) is 19.3 Å². The van der Waals surface area contributed by atoms with Crippen LogP contribution in [0.5, 0.6) is 0 Å². The van der Waals surface area contributed by atoms with Gasteiger partial charge in [-0.15, -0.1) is 0 Å². The van der Waals surface area contributed by atoms with Crippen LogP contribution in [0.15, 0.2) is 0 Å². The number of nitrogens with zero attached hydrogens (tertiary/aromatic N) is 1. The second kappa shape index (κ2) is 4.97. The summed E-state index contributed by atoms with van der Waals surface area (Å²) in [6, 6.07) is 0. The Kier molecular flexibility index (Phi) is 3.62. The molecule has 0 aromatic rings. The number of fused-ring (bicyclic) bond motifs is 1. The van der Waals surface area contributed by atoms with E-state index < -0.39 is 0 Å². The van der Waals surface area contributed by atoms with Gasteiger partial charge in [-0.25, -0.2) is 0 Å². The Morgan fingerprint density at radius 3 is 2.46 bits per heavy atom. The molecule has 13 heavy (non-hydrogen) atoms. The summed E-state index contributed by atoms with van der Waals surface area (Å²) in [5.41, 5.74) is 0. The minimum absolute atomic E-state index is 0.711. The third kappa shape index (κ3) is 2.68. The lowest BCUT2D eigenvalue weighted by Crippen LogP contribution is -2.47. The third-order valence-corrected chi connectivity index (χ3v) is 3.37. The molecule has 0 amide bonds. The van der Waals surface area contributed by atoms with Crippen molar-refractivity contribution in [3.8, 4) is 0 Å². The molecule has 0 saturated carbocycles. The van der Waals surface area contributed by atoms with E-state index in [0.717, 1.165) is 0 Å². The molecular formula is C11H22N2. The predicted molar refractivity (Wildman–Crippen MR) is 55.7 cm³/mol. The van der Waals surface area contributed by atoms with E-state index in [0.29, 0.717) is 6.17 Å². The van der Waals surface area contributed by atoms with Gasteiger partial charge in [-0.2, -0.15) is 0 Å². The molecule has 0 aromatic heterocycles. The molecule has 1 unspecified atom stereocenters. The first kappa shape index (κ1) is 9.47. The molecular weight excluding hydrogens is 160 g/mol. The van der Waals surface area contributed by atoms with Crippen molar-refractivity contribution in [2.45, 2.75) is 51.1 Å². The third-order valence-electron chi connectivity index (χ3n) is 3.37. The molecule has 0 aliphatic carbocycles. The zero-order valence-electron chi connectivity index (χ0n) is 8.60.